The first-order valence-electron chi connectivity index (χ1n) is 17.8. The van der Waals surface area contributed by atoms with E-state index in [1.54, 1.807) is 24.5 Å². The lowest BCUT2D eigenvalue weighted by Crippen LogP contribution is -2.39. The molecular weight excluding hydrogens is 662 g/mol. The number of hydrogen-bond donors (Lipinski definition) is 2. The summed E-state index contributed by atoms with van der Waals surface area (Å²) in [6, 6.07) is 47.1. The Morgan fingerprint density at radius 1 is 0.642 bits per heavy atom. The van der Waals surface area contributed by atoms with E-state index in [1.165, 1.54) is 6.07 Å². The maximum absolute atomic E-state index is 14.1. The third-order valence-corrected chi connectivity index (χ3v) is 9.44. The van der Waals surface area contributed by atoms with E-state index in [4.69, 9.17) is 14.4 Å². The van der Waals surface area contributed by atoms with Gasteiger partial charge < -0.3 is 19.6 Å². The summed E-state index contributed by atoms with van der Waals surface area (Å²) in [6.07, 6.45) is 6.68. The number of rotatable bonds is 14. The Morgan fingerprint density at radius 2 is 1.26 bits per heavy atom. The molecule has 53 heavy (non-hydrogen) atoms. The van der Waals surface area contributed by atoms with Gasteiger partial charge in [0.2, 0.25) is 0 Å². The highest BCUT2D eigenvalue weighted by Gasteiger charge is 2.40. The monoisotopic (exact) mass is 699 g/mol. The highest BCUT2D eigenvalue weighted by atomic mass is 19.1. The van der Waals surface area contributed by atoms with Crippen molar-refractivity contribution in [3.05, 3.63) is 198 Å². The van der Waals surface area contributed by atoms with Gasteiger partial charge in [-0.3, -0.25) is 4.98 Å². The number of hydrogen-bond acceptors (Lipinski definition) is 7. The van der Waals surface area contributed by atoms with Crippen LogP contribution >= 0.6 is 0 Å². The molecule has 8 nitrogen and oxygen atoms in total. The molecule has 9 heteroatoms. The van der Waals surface area contributed by atoms with Gasteiger partial charge in [-0.15, -0.1) is 0 Å². The summed E-state index contributed by atoms with van der Waals surface area (Å²) in [5.41, 5.74) is 6.27. The number of nitrogens with one attached hydrogen (secondary N) is 2. The van der Waals surface area contributed by atoms with Crippen LogP contribution in [0, 0.1) is 5.82 Å². The summed E-state index contributed by atoms with van der Waals surface area (Å²) in [4.78, 5) is 18.6. The van der Waals surface area contributed by atoms with E-state index in [0.29, 0.717) is 54.4 Å². The molecule has 0 unspecified atom stereocenters. The van der Waals surface area contributed by atoms with Gasteiger partial charge in [0.1, 0.15) is 17.2 Å². The quantitative estimate of drug-likeness (QED) is 0.0869. The predicted molar refractivity (Wildman–Crippen MR) is 206 cm³/mol. The zero-order valence-corrected chi connectivity index (χ0v) is 29.1. The fraction of sp³-hybridized carbons (Fsp3) is 0.136. The van der Waals surface area contributed by atoms with Crippen LogP contribution in [-0.2, 0) is 24.9 Å². The first-order chi connectivity index (χ1) is 26.2. The standard InChI is InChI=1S/C44H38FN7O/c45-36-22-13-26-47-37(36)30-49-43-42-39(23-29-48-43)53-41(51-42)25-28-46-27-24-40-50-38(32-14-5-1-6-15-32)31-52(40)44(33-16-7-2-8-17-33,34-18-9-3-10-19-34)35-20-11-4-12-21-35/h1-23,26,29,31,46H,24-25,27-28,30H2,(H,48,49). The number of halogens is 1. The number of oxazole rings is 1. The maximum Gasteiger partial charge on any atom is 0.196 e. The van der Waals surface area contributed by atoms with E-state index in [9.17, 15) is 4.39 Å². The minimum absolute atomic E-state index is 0.185. The molecule has 0 aliphatic rings. The number of aromatic nitrogens is 5. The SMILES string of the molecule is Fc1cccnc1CNc1nccc2oc(CCNCCc3nc(-c4ccccc4)cn3C(c3ccccc3)(c3ccccc3)c3ccccc3)nc12. The Hall–Kier alpha value is -6.45. The van der Waals surface area contributed by atoms with E-state index in [-0.39, 0.29) is 12.4 Å². The molecule has 8 rings (SSSR count). The van der Waals surface area contributed by atoms with Crippen LogP contribution in [0.4, 0.5) is 10.2 Å². The number of imidazole rings is 1. The molecule has 0 spiro atoms. The molecule has 8 aromatic rings. The van der Waals surface area contributed by atoms with Gasteiger partial charge in [0, 0.05) is 56.2 Å². The van der Waals surface area contributed by atoms with E-state index in [1.807, 2.05) is 6.07 Å². The van der Waals surface area contributed by atoms with Crippen LogP contribution in [0.25, 0.3) is 22.4 Å². The van der Waals surface area contributed by atoms with Crippen LogP contribution < -0.4 is 10.6 Å². The third-order valence-electron chi connectivity index (χ3n) is 9.44. The summed E-state index contributed by atoms with van der Waals surface area (Å²) < 4.78 is 22.6. The van der Waals surface area contributed by atoms with Gasteiger partial charge in [-0.2, -0.15) is 0 Å². The molecule has 0 fully saturated rings. The van der Waals surface area contributed by atoms with Crippen LogP contribution in [0.5, 0.6) is 0 Å². The summed E-state index contributed by atoms with van der Waals surface area (Å²) >= 11 is 0. The lowest BCUT2D eigenvalue weighted by molar-refractivity contribution is 0.484. The van der Waals surface area contributed by atoms with Crippen molar-refractivity contribution < 1.29 is 8.81 Å². The molecule has 0 atom stereocenters. The average Bonchev–Trinajstić information content (AvgIpc) is 3.84. The van der Waals surface area contributed by atoms with Crippen molar-refractivity contribution in [2.45, 2.75) is 24.9 Å². The molecule has 4 aromatic carbocycles. The van der Waals surface area contributed by atoms with Gasteiger partial charge in [-0.25, -0.2) is 19.3 Å². The Morgan fingerprint density at radius 3 is 1.91 bits per heavy atom. The fourth-order valence-electron chi connectivity index (χ4n) is 6.96. The first-order valence-corrected chi connectivity index (χ1v) is 17.8. The van der Waals surface area contributed by atoms with Gasteiger partial charge in [0.15, 0.2) is 22.8 Å². The molecule has 0 saturated heterocycles. The topological polar surface area (TPSA) is 93.7 Å². The van der Waals surface area contributed by atoms with Gasteiger partial charge in [0.25, 0.3) is 0 Å². The van der Waals surface area contributed by atoms with Gasteiger partial charge >= 0.3 is 0 Å². The molecule has 0 aliphatic carbocycles. The molecule has 0 radical (unpaired) electrons. The van der Waals surface area contributed by atoms with Gasteiger partial charge in [0.05, 0.1) is 17.9 Å². The normalized spacial score (nSPS) is 11.6. The van der Waals surface area contributed by atoms with E-state index >= 15 is 0 Å². The minimum Gasteiger partial charge on any atom is -0.440 e. The molecule has 0 bridgehead atoms. The van der Waals surface area contributed by atoms with Crippen LogP contribution in [0.15, 0.2) is 163 Å². The summed E-state index contributed by atoms with van der Waals surface area (Å²) in [6.45, 7) is 1.52. The first kappa shape index (κ1) is 33.7. The highest BCUT2D eigenvalue weighted by Crippen LogP contribution is 2.42. The van der Waals surface area contributed by atoms with E-state index in [2.05, 4.69) is 147 Å². The number of anilines is 1. The predicted octanol–water partition coefficient (Wildman–Crippen LogP) is 8.45. The molecule has 4 aromatic heterocycles. The van der Waals surface area contributed by atoms with Crippen LogP contribution in [0.1, 0.15) is 34.1 Å². The summed E-state index contributed by atoms with van der Waals surface area (Å²) in [7, 11) is 0. The largest absolute Gasteiger partial charge is 0.440 e. The van der Waals surface area contributed by atoms with Crippen molar-refractivity contribution in [3.8, 4) is 11.3 Å². The Kier molecular flexibility index (Phi) is 9.80. The lowest BCUT2D eigenvalue weighted by atomic mass is 9.76. The minimum atomic E-state index is -0.681. The van der Waals surface area contributed by atoms with Crippen molar-refractivity contribution in [1.82, 2.24) is 29.8 Å². The van der Waals surface area contributed by atoms with Crippen LogP contribution in [0.3, 0.4) is 0 Å². The number of nitrogens with zero attached hydrogens (tertiary/aromatic N) is 5. The fourth-order valence-corrected chi connectivity index (χ4v) is 6.96. The number of pyridine rings is 2. The van der Waals surface area contributed by atoms with E-state index < -0.39 is 5.54 Å². The molecule has 0 saturated carbocycles. The second-order valence-electron chi connectivity index (χ2n) is 12.7. The Balaban J connectivity index is 1.06. The third kappa shape index (κ3) is 6.94. The van der Waals surface area contributed by atoms with Gasteiger partial charge in [-0.1, -0.05) is 121 Å². The highest BCUT2D eigenvalue weighted by molar-refractivity contribution is 5.83. The molecule has 2 N–H and O–H groups in total. The summed E-state index contributed by atoms with van der Waals surface area (Å²) in [5, 5.41) is 6.76. The number of benzene rings is 4. The lowest BCUT2D eigenvalue weighted by Gasteiger charge is -2.38. The second-order valence-corrected chi connectivity index (χ2v) is 12.7. The second kappa shape index (κ2) is 15.4. The van der Waals surface area contributed by atoms with Crippen LogP contribution in [-0.4, -0.2) is 37.6 Å². The molecular formula is C44H38FN7O. The Bertz CT molecular complexity index is 2300. The zero-order chi connectivity index (χ0) is 35.9. The van der Waals surface area contributed by atoms with Crippen molar-refractivity contribution in [2.75, 3.05) is 18.4 Å². The average molecular weight is 700 g/mol. The molecule has 0 aliphatic heterocycles. The smallest absolute Gasteiger partial charge is 0.196 e. The Labute approximate surface area is 307 Å². The van der Waals surface area contributed by atoms with E-state index in [0.717, 1.165) is 33.8 Å². The van der Waals surface area contributed by atoms with Crippen molar-refractivity contribution in [3.63, 3.8) is 0 Å². The molecule has 262 valence electrons. The molecule has 0 amide bonds. The van der Waals surface area contributed by atoms with Crippen molar-refractivity contribution in [2.24, 2.45) is 0 Å². The number of fused-ring (bicyclic) bond motifs is 1. The zero-order valence-electron chi connectivity index (χ0n) is 29.1. The molecule has 4 heterocycles. The van der Waals surface area contributed by atoms with Crippen LogP contribution in [0.2, 0.25) is 0 Å². The van der Waals surface area contributed by atoms with Gasteiger partial charge in [-0.05, 0) is 28.8 Å². The van der Waals surface area contributed by atoms with Crippen molar-refractivity contribution in [1.29, 1.82) is 0 Å². The van der Waals surface area contributed by atoms with Crippen molar-refractivity contribution >= 4 is 16.9 Å². The summed E-state index contributed by atoms with van der Waals surface area (Å²) in [5.74, 6) is 1.71. The maximum atomic E-state index is 14.1.